The number of carbonyl (C=O) groups excluding carboxylic acids is 1. The molecule has 0 saturated carbocycles. The molecule has 3 rings (SSSR count). The van der Waals surface area contributed by atoms with Crippen molar-refractivity contribution >= 4 is 23.2 Å². The molecule has 2 aromatic heterocycles. The zero-order valence-electron chi connectivity index (χ0n) is 15.8. The Morgan fingerprint density at radius 1 is 1.30 bits per heavy atom. The highest BCUT2D eigenvalue weighted by atomic mass is 35.5. The second-order valence-corrected chi connectivity index (χ2v) is 7.42. The molecule has 2 heterocycles. The van der Waals surface area contributed by atoms with Gasteiger partial charge in [0, 0.05) is 17.1 Å². The highest BCUT2D eigenvalue weighted by Crippen LogP contribution is 2.22. The van der Waals surface area contributed by atoms with E-state index in [1.807, 2.05) is 57.1 Å². The number of likely N-dealkylation sites (N-methyl/N-ethyl adjacent to an activating group) is 1. The summed E-state index contributed by atoms with van der Waals surface area (Å²) in [7, 11) is 3.94. The van der Waals surface area contributed by atoms with Crippen LogP contribution >= 0.6 is 11.6 Å². The summed E-state index contributed by atoms with van der Waals surface area (Å²) in [4.78, 5) is 14.8. The third-order valence-corrected chi connectivity index (χ3v) is 4.70. The molecule has 3 aromatic rings. The Bertz CT molecular complexity index is 952. The number of rotatable bonds is 6. The molecular formula is C19H23ClN6O. The molecule has 7 nitrogen and oxygen atoms in total. The van der Waals surface area contributed by atoms with E-state index in [2.05, 4.69) is 20.6 Å². The fourth-order valence-corrected chi connectivity index (χ4v) is 3.18. The van der Waals surface area contributed by atoms with Crippen molar-refractivity contribution in [3.63, 3.8) is 0 Å². The molecule has 0 bridgehead atoms. The fourth-order valence-electron chi connectivity index (χ4n) is 2.98. The number of fused-ring (bicyclic) bond motifs is 1. The van der Waals surface area contributed by atoms with E-state index in [4.69, 9.17) is 11.6 Å². The molecular weight excluding hydrogens is 364 g/mol. The summed E-state index contributed by atoms with van der Waals surface area (Å²) >= 11 is 6.11. The van der Waals surface area contributed by atoms with Gasteiger partial charge in [-0.2, -0.15) is 9.61 Å². The average molecular weight is 387 g/mol. The molecule has 0 aliphatic rings. The second-order valence-electron chi connectivity index (χ2n) is 6.98. The first kappa shape index (κ1) is 19.3. The van der Waals surface area contributed by atoms with E-state index in [1.165, 1.54) is 6.33 Å². The van der Waals surface area contributed by atoms with Crippen LogP contribution in [0.2, 0.25) is 5.02 Å². The molecule has 1 atom stereocenters. The lowest BCUT2D eigenvalue weighted by molar-refractivity contribution is 0.0935. The second kappa shape index (κ2) is 8.02. The van der Waals surface area contributed by atoms with Gasteiger partial charge in [0.05, 0.1) is 6.04 Å². The first-order valence-electron chi connectivity index (χ1n) is 8.78. The van der Waals surface area contributed by atoms with Gasteiger partial charge >= 0.3 is 0 Å². The van der Waals surface area contributed by atoms with Crippen molar-refractivity contribution in [2.24, 2.45) is 0 Å². The molecule has 1 amide bonds. The van der Waals surface area contributed by atoms with E-state index >= 15 is 0 Å². The van der Waals surface area contributed by atoms with Crippen LogP contribution in [0.15, 0.2) is 36.7 Å². The Hall–Kier alpha value is -2.51. The van der Waals surface area contributed by atoms with Crippen molar-refractivity contribution in [3.05, 3.63) is 58.5 Å². The van der Waals surface area contributed by atoms with E-state index in [1.54, 1.807) is 10.6 Å². The number of nitrogens with one attached hydrogen (secondary N) is 1. The lowest BCUT2D eigenvalue weighted by Gasteiger charge is -2.25. The number of benzene rings is 1. The SMILES string of the molecule is CC(C)c1cc(C(=O)NC[C@H](c2cccc(Cl)c2)N(C)C)nn2cnnc12. The summed E-state index contributed by atoms with van der Waals surface area (Å²) < 4.78 is 1.55. The number of hydrogen-bond acceptors (Lipinski definition) is 5. The summed E-state index contributed by atoms with van der Waals surface area (Å²) in [6, 6.07) is 9.44. The van der Waals surface area contributed by atoms with Crippen molar-refractivity contribution in [3.8, 4) is 0 Å². The number of hydrogen-bond donors (Lipinski definition) is 1. The molecule has 1 N–H and O–H groups in total. The minimum atomic E-state index is -0.235. The number of amides is 1. The third-order valence-electron chi connectivity index (χ3n) is 4.46. The normalized spacial score (nSPS) is 12.7. The minimum absolute atomic E-state index is 0.00383. The number of aromatic nitrogens is 4. The minimum Gasteiger partial charge on any atom is -0.349 e. The maximum absolute atomic E-state index is 12.7. The smallest absolute Gasteiger partial charge is 0.271 e. The molecule has 0 spiro atoms. The third kappa shape index (κ3) is 4.26. The molecule has 0 aliphatic heterocycles. The van der Waals surface area contributed by atoms with Crippen LogP contribution in [-0.2, 0) is 0 Å². The van der Waals surface area contributed by atoms with E-state index in [-0.39, 0.29) is 17.9 Å². The van der Waals surface area contributed by atoms with Crippen LogP contribution in [0, 0.1) is 0 Å². The summed E-state index contributed by atoms with van der Waals surface area (Å²) in [5.74, 6) is -0.0337. The molecule has 0 saturated heterocycles. The zero-order valence-corrected chi connectivity index (χ0v) is 16.6. The molecule has 8 heteroatoms. The van der Waals surface area contributed by atoms with Gasteiger partial charge in [-0.05, 0) is 43.8 Å². The molecule has 1 aromatic carbocycles. The Kier molecular flexibility index (Phi) is 5.72. The highest BCUT2D eigenvalue weighted by molar-refractivity contribution is 6.30. The van der Waals surface area contributed by atoms with Crippen LogP contribution in [-0.4, -0.2) is 51.3 Å². The predicted molar refractivity (Wildman–Crippen MR) is 105 cm³/mol. The van der Waals surface area contributed by atoms with Gasteiger partial charge in [-0.1, -0.05) is 37.6 Å². The molecule has 0 unspecified atom stereocenters. The zero-order chi connectivity index (χ0) is 19.6. The Balaban J connectivity index is 1.81. The average Bonchev–Trinajstić information content (AvgIpc) is 3.09. The van der Waals surface area contributed by atoms with Crippen molar-refractivity contribution in [2.45, 2.75) is 25.8 Å². The van der Waals surface area contributed by atoms with Gasteiger partial charge in [0.15, 0.2) is 5.65 Å². The lowest BCUT2D eigenvalue weighted by atomic mass is 10.0. The van der Waals surface area contributed by atoms with Crippen LogP contribution in [0.5, 0.6) is 0 Å². The Morgan fingerprint density at radius 3 is 2.74 bits per heavy atom. The number of halogens is 1. The van der Waals surface area contributed by atoms with Crippen LogP contribution in [0.1, 0.15) is 47.4 Å². The Labute approximate surface area is 163 Å². The van der Waals surface area contributed by atoms with Crippen molar-refractivity contribution in [1.29, 1.82) is 0 Å². The number of carbonyl (C=O) groups is 1. The van der Waals surface area contributed by atoms with Gasteiger partial charge in [0.2, 0.25) is 0 Å². The van der Waals surface area contributed by atoms with Gasteiger partial charge in [-0.15, -0.1) is 10.2 Å². The summed E-state index contributed by atoms with van der Waals surface area (Å²) in [6.45, 7) is 4.53. The van der Waals surface area contributed by atoms with Crippen LogP contribution < -0.4 is 5.32 Å². The molecule has 0 fully saturated rings. The molecule has 0 radical (unpaired) electrons. The highest BCUT2D eigenvalue weighted by Gasteiger charge is 2.19. The van der Waals surface area contributed by atoms with Crippen molar-refractivity contribution in [1.82, 2.24) is 30.0 Å². The summed E-state index contributed by atoms with van der Waals surface area (Å²) in [5.41, 5.74) is 2.99. The van der Waals surface area contributed by atoms with Gasteiger partial charge < -0.3 is 10.2 Å². The molecule has 27 heavy (non-hydrogen) atoms. The van der Waals surface area contributed by atoms with Crippen LogP contribution in [0.25, 0.3) is 5.65 Å². The maximum atomic E-state index is 12.7. The van der Waals surface area contributed by atoms with Gasteiger partial charge in [0.25, 0.3) is 5.91 Å². The van der Waals surface area contributed by atoms with Crippen molar-refractivity contribution < 1.29 is 4.79 Å². The molecule has 142 valence electrons. The lowest BCUT2D eigenvalue weighted by Crippen LogP contribution is -2.35. The quantitative estimate of drug-likeness (QED) is 0.705. The van der Waals surface area contributed by atoms with E-state index in [9.17, 15) is 4.79 Å². The largest absolute Gasteiger partial charge is 0.349 e. The summed E-state index contributed by atoms with van der Waals surface area (Å²) in [5, 5.41) is 16.0. The van der Waals surface area contributed by atoms with Gasteiger partial charge in [0.1, 0.15) is 12.0 Å². The van der Waals surface area contributed by atoms with Crippen molar-refractivity contribution in [2.75, 3.05) is 20.6 Å². The predicted octanol–water partition coefficient (Wildman–Crippen LogP) is 2.93. The van der Waals surface area contributed by atoms with Crippen LogP contribution in [0.3, 0.4) is 0 Å². The monoisotopic (exact) mass is 386 g/mol. The maximum Gasteiger partial charge on any atom is 0.271 e. The molecule has 0 aliphatic carbocycles. The standard InChI is InChI=1S/C19H23ClN6O/c1-12(2)15-9-16(24-26-11-22-23-18(15)26)19(27)21-10-17(25(3)4)13-6-5-7-14(20)8-13/h5-9,11-12,17H,10H2,1-4H3,(H,21,27)/t17-/m1/s1. The van der Waals surface area contributed by atoms with E-state index < -0.39 is 0 Å². The fraction of sp³-hybridized carbons (Fsp3) is 0.368. The topological polar surface area (TPSA) is 75.4 Å². The number of nitrogens with zero attached hydrogens (tertiary/aromatic N) is 5. The summed E-state index contributed by atoms with van der Waals surface area (Å²) in [6.07, 6.45) is 1.51. The Morgan fingerprint density at radius 2 is 2.07 bits per heavy atom. The first-order valence-corrected chi connectivity index (χ1v) is 9.15. The van der Waals surface area contributed by atoms with Gasteiger partial charge in [-0.3, -0.25) is 4.79 Å². The van der Waals surface area contributed by atoms with E-state index in [0.29, 0.717) is 22.9 Å². The first-order chi connectivity index (χ1) is 12.9. The van der Waals surface area contributed by atoms with Crippen LogP contribution in [0.4, 0.5) is 0 Å². The van der Waals surface area contributed by atoms with E-state index in [0.717, 1.165) is 11.1 Å². The van der Waals surface area contributed by atoms with Gasteiger partial charge in [-0.25, -0.2) is 0 Å².